The molecule has 1 aliphatic rings. The Morgan fingerprint density at radius 3 is 2.60 bits per heavy atom. The molecule has 2 rings (SSSR count). The summed E-state index contributed by atoms with van der Waals surface area (Å²) in [6.07, 6.45) is 2.41. The fourth-order valence-electron chi connectivity index (χ4n) is 2.15. The smallest absolute Gasteiger partial charge is 0.246 e. The Bertz CT molecular complexity index is 594. The molecule has 2 heterocycles. The van der Waals surface area contributed by atoms with E-state index in [4.69, 9.17) is 0 Å². The molecule has 0 radical (unpaired) electrons. The van der Waals surface area contributed by atoms with E-state index in [1.54, 1.807) is 26.2 Å². The minimum atomic E-state index is -3.61. The number of piperidine rings is 1. The van der Waals surface area contributed by atoms with Gasteiger partial charge in [0.1, 0.15) is 10.7 Å². The molecular formula is C12H18BrN3O3S. The van der Waals surface area contributed by atoms with Crippen LogP contribution in [0.2, 0.25) is 0 Å². The third-order valence-corrected chi connectivity index (χ3v) is 5.82. The zero-order valence-corrected chi connectivity index (χ0v) is 13.8. The first kappa shape index (κ1) is 15.7. The number of pyridine rings is 1. The van der Waals surface area contributed by atoms with Crippen LogP contribution in [0.4, 0.5) is 5.82 Å². The minimum absolute atomic E-state index is 0.149. The number of halogens is 1. The number of sulfonamides is 1. The summed E-state index contributed by atoms with van der Waals surface area (Å²) < 4.78 is 27.4. The SMILES string of the molecule is CNc1ncc(Br)cc1S(=O)(=O)N1CCC(C)(O)CC1. The van der Waals surface area contributed by atoms with Crippen LogP contribution >= 0.6 is 15.9 Å². The standard InChI is InChI=1S/C12H18BrN3O3S/c1-12(17)3-5-16(6-4-12)20(18,19)10-7-9(13)8-15-11(10)14-2/h7-8,17H,3-6H2,1-2H3,(H,14,15). The van der Waals surface area contributed by atoms with E-state index >= 15 is 0 Å². The molecule has 1 saturated heterocycles. The first-order chi connectivity index (χ1) is 9.26. The van der Waals surface area contributed by atoms with Crippen molar-refractivity contribution >= 4 is 31.8 Å². The lowest BCUT2D eigenvalue weighted by atomic mass is 9.95. The van der Waals surface area contributed by atoms with Gasteiger partial charge in [0.15, 0.2) is 0 Å². The summed E-state index contributed by atoms with van der Waals surface area (Å²) >= 11 is 3.25. The topological polar surface area (TPSA) is 82.5 Å². The van der Waals surface area contributed by atoms with Crippen molar-refractivity contribution in [2.24, 2.45) is 0 Å². The zero-order valence-electron chi connectivity index (χ0n) is 11.4. The van der Waals surface area contributed by atoms with Crippen molar-refractivity contribution in [3.63, 3.8) is 0 Å². The summed E-state index contributed by atoms with van der Waals surface area (Å²) in [5.41, 5.74) is -0.784. The molecule has 0 aliphatic carbocycles. The van der Waals surface area contributed by atoms with Gasteiger partial charge in [-0.2, -0.15) is 4.31 Å². The zero-order chi connectivity index (χ0) is 15.0. The average molecular weight is 364 g/mol. The van der Waals surface area contributed by atoms with Crippen LogP contribution in [0.3, 0.4) is 0 Å². The number of nitrogens with zero attached hydrogens (tertiary/aromatic N) is 2. The van der Waals surface area contributed by atoms with E-state index in [0.29, 0.717) is 36.2 Å². The van der Waals surface area contributed by atoms with Crippen LogP contribution in [0, 0.1) is 0 Å². The molecule has 1 fully saturated rings. The van der Waals surface area contributed by atoms with E-state index in [-0.39, 0.29) is 4.90 Å². The first-order valence-corrected chi connectivity index (χ1v) is 8.55. The molecule has 0 atom stereocenters. The van der Waals surface area contributed by atoms with Gasteiger partial charge in [-0.05, 0) is 41.8 Å². The second-order valence-corrected chi connectivity index (χ2v) is 7.97. The number of rotatable bonds is 3. The Hall–Kier alpha value is -0.700. The van der Waals surface area contributed by atoms with E-state index in [9.17, 15) is 13.5 Å². The van der Waals surface area contributed by atoms with Crippen molar-refractivity contribution in [3.05, 3.63) is 16.7 Å². The first-order valence-electron chi connectivity index (χ1n) is 6.32. The molecule has 0 bridgehead atoms. The second-order valence-electron chi connectivity index (χ2n) is 5.15. The number of anilines is 1. The summed E-state index contributed by atoms with van der Waals surface area (Å²) in [5.74, 6) is 0.325. The normalized spacial score (nSPS) is 19.8. The summed E-state index contributed by atoms with van der Waals surface area (Å²) in [5, 5.41) is 12.7. The van der Waals surface area contributed by atoms with Crippen molar-refractivity contribution < 1.29 is 13.5 Å². The highest BCUT2D eigenvalue weighted by Gasteiger charge is 2.35. The highest BCUT2D eigenvalue weighted by molar-refractivity contribution is 9.10. The molecule has 2 N–H and O–H groups in total. The molecule has 0 amide bonds. The molecule has 0 unspecified atom stereocenters. The van der Waals surface area contributed by atoms with Gasteiger partial charge in [0.2, 0.25) is 10.0 Å². The summed E-state index contributed by atoms with van der Waals surface area (Å²) in [6, 6.07) is 1.54. The summed E-state index contributed by atoms with van der Waals surface area (Å²) in [6.45, 7) is 2.35. The molecule has 0 aromatic carbocycles. The Kier molecular flexibility index (Phi) is 4.38. The van der Waals surface area contributed by atoms with E-state index < -0.39 is 15.6 Å². The van der Waals surface area contributed by atoms with Crippen LogP contribution in [0.1, 0.15) is 19.8 Å². The molecule has 1 aliphatic heterocycles. The quantitative estimate of drug-likeness (QED) is 0.848. The lowest BCUT2D eigenvalue weighted by molar-refractivity contribution is 0.0126. The van der Waals surface area contributed by atoms with Gasteiger partial charge in [-0.25, -0.2) is 13.4 Å². The van der Waals surface area contributed by atoms with Crippen molar-refractivity contribution in [1.82, 2.24) is 9.29 Å². The van der Waals surface area contributed by atoms with E-state index in [1.807, 2.05) is 0 Å². The molecule has 1 aromatic rings. The second kappa shape index (κ2) is 5.59. The van der Waals surface area contributed by atoms with Gasteiger partial charge in [-0.3, -0.25) is 0 Å². The Balaban J connectivity index is 2.34. The number of hydrogen-bond donors (Lipinski definition) is 2. The van der Waals surface area contributed by atoms with Crippen LogP contribution in [0.5, 0.6) is 0 Å². The average Bonchev–Trinajstić information content (AvgIpc) is 2.38. The summed E-state index contributed by atoms with van der Waals surface area (Å²) in [4.78, 5) is 4.22. The molecule has 0 saturated carbocycles. The lowest BCUT2D eigenvalue weighted by Crippen LogP contribution is -2.45. The highest BCUT2D eigenvalue weighted by Crippen LogP contribution is 2.30. The Labute approximate surface area is 127 Å². The maximum Gasteiger partial charge on any atom is 0.246 e. The van der Waals surface area contributed by atoms with Crippen LogP contribution in [0.25, 0.3) is 0 Å². The predicted octanol–water partition coefficient (Wildman–Crippen LogP) is 1.42. The number of aliphatic hydroxyl groups is 1. The van der Waals surface area contributed by atoms with Crippen LogP contribution in [-0.2, 0) is 10.0 Å². The van der Waals surface area contributed by atoms with Gasteiger partial charge < -0.3 is 10.4 Å². The van der Waals surface area contributed by atoms with E-state index in [2.05, 4.69) is 26.2 Å². The maximum absolute atomic E-state index is 12.7. The summed E-state index contributed by atoms with van der Waals surface area (Å²) in [7, 11) is -1.98. The fourth-order valence-corrected chi connectivity index (χ4v) is 4.25. The third kappa shape index (κ3) is 3.13. The van der Waals surface area contributed by atoms with Gasteiger partial charge in [0.25, 0.3) is 0 Å². The van der Waals surface area contributed by atoms with E-state index in [0.717, 1.165) is 0 Å². The maximum atomic E-state index is 12.7. The van der Waals surface area contributed by atoms with Gasteiger partial charge in [-0.15, -0.1) is 0 Å². The van der Waals surface area contributed by atoms with E-state index in [1.165, 1.54) is 4.31 Å². The highest BCUT2D eigenvalue weighted by atomic mass is 79.9. The van der Waals surface area contributed by atoms with Crippen LogP contribution in [-0.4, -0.2) is 48.6 Å². The third-order valence-electron chi connectivity index (χ3n) is 3.47. The predicted molar refractivity (Wildman–Crippen MR) is 80.1 cm³/mol. The molecule has 112 valence electrons. The number of hydrogen-bond acceptors (Lipinski definition) is 5. The molecule has 8 heteroatoms. The van der Waals surface area contributed by atoms with Crippen molar-refractivity contribution in [3.8, 4) is 0 Å². The molecule has 0 spiro atoms. The lowest BCUT2D eigenvalue weighted by Gasteiger charge is -2.35. The molecular weight excluding hydrogens is 346 g/mol. The Morgan fingerprint density at radius 2 is 2.05 bits per heavy atom. The van der Waals surface area contributed by atoms with Crippen LogP contribution in [0.15, 0.2) is 21.6 Å². The van der Waals surface area contributed by atoms with Gasteiger partial charge in [0, 0.05) is 30.8 Å². The van der Waals surface area contributed by atoms with Gasteiger partial charge >= 0.3 is 0 Å². The van der Waals surface area contributed by atoms with Gasteiger partial charge in [0.05, 0.1) is 5.60 Å². The van der Waals surface area contributed by atoms with Crippen LogP contribution < -0.4 is 5.32 Å². The van der Waals surface area contributed by atoms with Crippen molar-refractivity contribution in [2.45, 2.75) is 30.3 Å². The monoisotopic (exact) mass is 363 g/mol. The minimum Gasteiger partial charge on any atom is -0.390 e. The molecule has 1 aromatic heterocycles. The van der Waals surface area contributed by atoms with Crippen molar-refractivity contribution in [2.75, 3.05) is 25.5 Å². The fraction of sp³-hybridized carbons (Fsp3) is 0.583. The van der Waals surface area contributed by atoms with Crippen molar-refractivity contribution in [1.29, 1.82) is 0 Å². The Morgan fingerprint density at radius 1 is 1.45 bits per heavy atom. The molecule has 6 nitrogen and oxygen atoms in total. The number of aromatic nitrogens is 1. The number of nitrogens with one attached hydrogen (secondary N) is 1. The molecule has 20 heavy (non-hydrogen) atoms. The largest absolute Gasteiger partial charge is 0.390 e. The van der Waals surface area contributed by atoms with Gasteiger partial charge in [-0.1, -0.05) is 0 Å².